The van der Waals surface area contributed by atoms with Crippen molar-refractivity contribution in [1.82, 2.24) is 0 Å². The van der Waals surface area contributed by atoms with Crippen LogP contribution in [0.1, 0.15) is 6.92 Å². The molecule has 0 fully saturated rings. The molecule has 0 atom stereocenters. The van der Waals surface area contributed by atoms with Crippen LogP contribution in [0.2, 0.25) is 0 Å². The van der Waals surface area contributed by atoms with E-state index in [9.17, 15) is 0 Å². The predicted octanol–water partition coefficient (Wildman–Crippen LogP) is -0.00390. The molecule has 0 saturated carbocycles. The molecule has 0 saturated heterocycles. The molecule has 0 aliphatic carbocycles. The van der Waals surface area contributed by atoms with Gasteiger partial charge in [0.25, 0.3) is 0 Å². The summed E-state index contributed by atoms with van der Waals surface area (Å²) in [4.78, 5) is 0. The standard InChI is InChI=1S/C2H6O.Fe/c1-2-3;/h3H,2H2,1H3;/q;+2. The van der Waals surface area contributed by atoms with Crippen LogP contribution in [0, 0.1) is 0 Å². The van der Waals surface area contributed by atoms with E-state index in [0.717, 1.165) is 0 Å². The number of hydrogen-bond donors (Lipinski definition) is 1. The van der Waals surface area contributed by atoms with Gasteiger partial charge in [-0.1, -0.05) is 0 Å². The molecule has 0 bridgehead atoms. The average Bonchev–Trinajstić information content (AvgIpc) is 0.918. The summed E-state index contributed by atoms with van der Waals surface area (Å²) in [5.74, 6) is 0. The Kier molecular flexibility index (Phi) is 21.6. The van der Waals surface area contributed by atoms with E-state index in [0.29, 0.717) is 0 Å². The van der Waals surface area contributed by atoms with E-state index >= 15 is 0 Å². The fourth-order valence-corrected chi connectivity index (χ4v) is 0. The Morgan fingerprint density at radius 2 is 1.75 bits per heavy atom. The first-order valence-electron chi connectivity index (χ1n) is 1.02. The van der Waals surface area contributed by atoms with E-state index < -0.39 is 0 Å². The summed E-state index contributed by atoms with van der Waals surface area (Å²) < 4.78 is 0. The van der Waals surface area contributed by atoms with Crippen LogP contribution in [0.15, 0.2) is 0 Å². The zero-order chi connectivity index (χ0) is 2.71. The molecule has 0 aromatic heterocycles. The predicted molar refractivity (Wildman–Crippen MR) is 12.8 cm³/mol. The maximum Gasteiger partial charge on any atom is 2.00 e. The van der Waals surface area contributed by atoms with Crippen LogP contribution in [0.4, 0.5) is 0 Å². The van der Waals surface area contributed by atoms with Crippen LogP contribution < -0.4 is 0 Å². The SMILES string of the molecule is CCO.[Fe+2]. The number of rotatable bonds is 0. The molecule has 2 heteroatoms. The zero-order valence-corrected chi connectivity index (χ0v) is 3.61. The third-order valence-electron chi connectivity index (χ3n) is 0. The summed E-state index contributed by atoms with van der Waals surface area (Å²) >= 11 is 0. The van der Waals surface area contributed by atoms with Gasteiger partial charge in [0.15, 0.2) is 0 Å². The molecule has 0 aromatic rings. The second kappa shape index (κ2) is 9.77. The summed E-state index contributed by atoms with van der Waals surface area (Å²) in [6, 6.07) is 0. The Labute approximate surface area is 36.5 Å². The summed E-state index contributed by atoms with van der Waals surface area (Å²) in [5, 5.41) is 7.57. The molecule has 0 amide bonds. The van der Waals surface area contributed by atoms with Gasteiger partial charge in [-0.25, -0.2) is 0 Å². The summed E-state index contributed by atoms with van der Waals surface area (Å²) in [7, 11) is 0. The molecule has 0 radical (unpaired) electrons. The Morgan fingerprint density at radius 1 is 1.75 bits per heavy atom. The second-order valence-corrected chi connectivity index (χ2v) is 0.316. The smallest absolute Gasteiger partial charge is 0.397 e. The van der Waals surface area contributed by atoms with E-state index in [-0.39, 0.29) is 23.7 Å². The van der Waals surface area contributed by atoms with E-state index in [1.54, 1.807) is 6.92 Å². The van der Waals surface area contributed by atoms with Crippen molar-refractivity contribution in [2.45, 2.75) is 6.92 Å². The minimum absolute atomic E-state index is 0. The van der Waals surface area contributed by atoms with Gasteiger partial charge in [0.2, 0.25) is 0 Å². The van der Waals surface area contributed by atoms with Crippen molar-refractivity contribution in [3.8, 4) is 0 Å². The van der Waals surface area contributed by atoms with Crippen LogP contribution >= 0.6 is 0 Å². The van der Waals surface area contributed by atoms with Gasteiger partial charge >= 0.3 is 17.1 Å². The second-order valence-electron chi connectivity index (χ2n) is 0.316. The van der Waals surface area contributed by atoms with Crippen LogP contribution in [0.25, 0.3) is 0 Å². The molecule has 0 rings (SSSR count). The molecular weight excluding hydrogens is 95.9 g/mol. The third-order valence-corrected chi connectivity index (χ3v) is 0. The third kappa shape index (κ3) is 23.6. The number of aliphatic hydroxyl groups excluding tert-OH is 1. The van der Waals surface area contributed by atoms with E-state index in [2.05, 4.69) is 0 Å². The molecule has 0 unspecified atom stereocenters. The fourth-order valence-electron chi connectivity index (χ4n) is 0. The number of aliphatic hydroxyl groups is 1. The quantitative estimate of drug-likeness (QED) is 0.426. The van der Waals surface area contributed by atoms with Gasteiger partial charge in [-0.05, 0) is 6.92 Å². The van der Waals surface area contributed by atoms with Crippen LogP contribution in [0.3, 0.4) is 0 Å². The monoisotopic (exact) mass is 102 g/mol. The van der Waals surface area contributed by atoms with Gasteiger partial charge in [0, 0.05) is 6.61 Å². The van der Waals surface area contributed by atoms with Crippen LogP contribution in [-0.4, -0.2) is 11.7 Å². The zero-order valence-electron chi connectivity index (χ0n) is 2.51. The summed E-state index contributed by atoms with van der Waals surface area (Å²) in [5.41, 5.74) is 0. The average molecular weight is 102 g/mol. The van der Waals surface area contributed by atoms with Gasteiger partial charge in [0.1, 0.15) is 0 Å². The minimum Gasteiger partial charge on any atom is -0.397 e. The van der Waals surface area contributed by atoms with Crippen molar-refractivity contribution < 1.29 is 22.2 Å². The first-order chi connectivity index (χ1) is 1.41. The van der Waals surface area contributed by atoms with Gasteiger partial charge in [-0.2, -0.15) is 0 Å². The normalized spacial score (nSPS) is 4.50. The Bertz CT molecular complexity index is 6.00. The first-order valence-corrected chi connectivity index (χ1v) is 1.02. The van der Waals surface area contributed by atoms with Gasteiger partial charge < -0.3 is 5.11 Å². The van der Waals surface area contributed by atoms with Crippen molar-refractivity contribution in [3.05, 3.63) is 0 Å². The van der Waals surface area contributed by atoms with Crippen molar-refractivity contribution >= 4 is 0 Å². The van der Waals surface area contributed by atoms with Crippen molar-refractivity contribution in [1.29, 1.82) is 0 Å². The van der Waals surface area contributed by atoms with E-state index in [1.165, 1.54) is 0 Å². The van der Waals surface area contributed by atoms with Gasteiger partial charge in [0.05, 0.1) is 0 Å². The Hall–Kier alpha value is 0.479. The molecule has 1 N–H and O–H groups in total. The van der Waals surface area contributed by atoms with Crippen molar-refractivity contribution in [2.24, 2.45) is 0 Å². The molecule has 1 nitrogen and oxygen atoms in total. The van der Waals surface area contributed by atoms with Gasteiger partial charge in [-0.3, -0.25) is 0 Å². The maximum absolute atomic E-state index is 7.57. The van der Waals surface area contributed by atoms with Crippen LogP contribution in [0.5, 0.6) is 0 Å². The largest absolute Gasteiger partial charge is 2.00 e. The topological polar surface area (TPSA) is 20.2 Å². The minimum atomic E-state index is 0. The van der Waals surface area contributed by atoms with Crippen molar-refractivity contribution in [2.75, 3.05) is 6.61 Å². The fraction of sp³-hybridized carbons (Fsp3) is 1.00. The molecular formula is C2H6FeO+2. The summed E-state index contributed by atoms with van der Waals surface area (Å²) in [6.07, 6.45) is 0. The first kappa shape index (κ1) is 8.82. The Morgan fingerprint density at radius 3 is 1.75 bits per heavy atom. The maximum atomic E-state index is 7.57. The molecule has 0 spiro atoms. The van der Waals surface area contributed by atoms with E-state index in [4.69, 9.17) is 5.11 Å². The molecule has 0 aliphatic rings. The Balaban J connectivity index is 0. The molecule has 4 heavy (non-hydrogen) atoms. The molecule has 0 heterocycles. The molecule has 0 aromatic carbocycles. The van der Waals surface area contributed by atoms with Crippen LogP contribution in [-0.2, 0) is 17.1 Å². The molecule has 0 aliphatic heterocycles. The van der Waals surface area contributed by atoms with E-state index in [1.807, 2.05) is 0 Å². The summed E-state index contributed by atoms with van der Waals surface area (Å²) in [6.45, 7) is 1.93. The molecule has 26 valence electrons. The number of hydrogen-bond acceptors (Lipinski definition) is 1. The van der Waals surface area contributed by atoms with Crippen molar-refractivity contribution in [3.63, 3.8) is 0 Å². The van der Waals surface area contributed by atoms with Gasteiger partial charge in [-0.15, -0.1) is 0 Å².